The summed E-state index contributed by atoms with van der Waals surface area (Å²) in [5, 5.41) is 0.795. The van der Waals surface area contributed by atoms with E-state index in [9.17, 15) is 4.79 Å². The lowest BCUT2D eigenvalue weighted by atomic mass is 9.89. The molecule has 3 aromatic rings. The van der Waals surface area contributed by atoms with Gasteiger partial charge in [-0.1, -0.05) is 25.1 Å². The van der Waals surface area contributed by atoms with E-state index in [-0.39, 0.29) is 5.56 Å². The third-order valence-electron chi connectivity index (χ3n) is 4.82. The number of fused-ring (bicyclic) bond motifs is 3. The predicted molar refractivity (Wildman–Crippen MR) is 108 cm³/mol. The van der Waals surface area contributed by atoms with Gasteiger partial charge in [0.25, 0.3) is 5.56 Å². The zero-order valence-corrected chi connectivity index (χ0v) is 15.9. The van der Waals surface area contributed by atoms with Crippen LogP contribution in [-0.2, 0) is 12.8 Å². The lowest BCUT2D eigenvalue weighted by molar-refractivity contribution is 0.339. The summed E-state index contributed by atoms with van der Waals surface area (Å²) in [6.45, 7) is 4.85. The van der Waals surface area contributed by atoms with E-state index in [1.165, 1.54) is 10.4 Å². The second kappa shape index (κ2) is 7.08. The molecule has 0 fully saturated rings. The van der Waals surface area contributed by atoms with Crippen molar-refractivity contribution in [3.8, 4) is 5.75 Å². The van der Waals surface area contributed by atoms with Crippen LogP contribution in [0.25, 0.3) is 22.4 Å². The molecular formula is C21H22N2O2S. The molecule has 0 spiro atoms. The van der Waals surface area contributed by atoms with Crippen molar-refractivity contribution in [1.82, 2.24) is 9.97 Å². The number of benzene rings is 1. The number of nitrogens with one attached hydrogen (secondary N) is 1. The van der Waals surface area contributed by atoms with Crippen LogP contribution in [0.5, 0.6) is 5.75 Å². The molecule has 5 heteroatoms. The van der Waals surface area contributed by atoms with Gasteiger partial charge in [-0.3, -0.25) is 4.79 Å². The van der Waals surface area contributed by atoms with Crippen molar-refractivity contribution >= 4 is 33.7 Å². The number of para-hydroxylation sites is 1. The van der Waals surface area contributed by atoms with E-state index in [1.807, 2.05) is 43.3 Å². The molecule has 0 bridgehead atoms. The smallest absolute Gasteiger partial charge is 0.260 e. The summed E-state index contributed by atoms with van der Waals surface area (Å²) in [6.07, 6.45) is 6.97. The fourth-order valence-electron chi connectivity index (χ4n) is 3.52. The summed E-state index contributed by atoms with van der Waals surface area (Å²) < 4.78 is 5.64. The second-order valence-corrected chi connectivity index (χ2v) is 7.87. The van der Waals surface area contributed by atoms with Gasteiger partial charge in [0.2, 0.25) is 0 Å². The first kappa shape index (κ1) is 17.0. The quantitative estimate of drug-likeness (QED) is 0.729. The number of rotatable bonds is 4. The summed E-state index contributed by atoms with van der Waals surface area (Å²) in [4.78, 5) is 22.5. The van der Waals surface area contributed by atoms with Gasteiger partial charge in [0.15, 0.2) is 0 Å². The van der Waals surface area contributed by atoms with Gasteiger partial charge in [-0.25, -0.2) is 4.98 Å². The van der Waals surface area contributed by atoms with Crippen LogP contribution in [0, 0.1) is 5.92 Å². The van der Waals surface area contributed by atoms with Gasteiger partial charge in [0.1, 0.15) is 16.4 Å². The van der Waals surface area contributed by atoms with Gasteiger partial charge in [0, 0.05) is 10.4 Å². The topological polar surface area (TPSA) is 55.0 Å². The highest BCUT2D eigenvalue weighted by Gasteiger charge is 2.22. The molecule has 4 nitrogen and oxygen atoms in total. The zero-order chi connectivity index (χ0) is 18.1. The van der Waals surface area contributed by atoms with Gasteiger partial charge in [-0.05, 0) is 55.9 Å². The Bertz CT molecular complexity index is 1030. The number of aromatic nitrogens is 2. The molecule has 0 aliphatic heterocycles. The van der Waals surface area contributed by atoms with Crippen LogP contribution >= 0.6 is 11.3 Å². The molecule has 1 atom stereocenters. The standard InChI is InChI=1S/C21H22N2O2S/c1-3-25-16-7-5-4-6-14(16)9-11-18-22-20(24)19-15-10-8-13(2)12-17(15)26-21(19)23-18/h4-7,9,11,13H,3,8,10,12H2,1-2H3,(H,22,23,24)/b11-9+/t13-/m0/s1. The molecule has 1 aromatic carbocycles. The molecule has 0 radical (unpaired) electrons. The average Bonchev–Trinajstić information content (AvgIpc) is 2.99. The highest BCUT2D eigenvalue weighted by molar-refractivity contribution is 7.18. The van der Waals surface area contributed by atoms with Crippen molar-refractivity contribution in [1.29, 1.82) is 0 Å². The normalized spacial score (nSPS) is 16.9. The molecular weight excluding hydrogens is 344 g/mol. The maximum absolute atomic E-state index is 12.6. The number of hydrogen-bond acceptors (Lipinski definition) is 4. The van der Waals surface area contributed by atoms with Crippen molar-refractivity contribution in [3.63, 3.8) is 0 Å². The Morgan fingerprint density at radius 2 is 2.19 bits per heavy atom. The van der Waals surface area contributed by atoms with Crippen molar-refractivity contribution < 1.29 is 4.74 Å². The molecule has 0 amide bonds. The monoisotopic (exact) mass is 366 g/mol. The average molecular weight is 366 g/mol. The Morgan fingerprint density at radius 1 is 1.35 bits per heavy atom. The van der Waals surface area contributed by atoms with Crippen LogP contribution in [0.4, 0.5) is 0 Å². The molecule has 134 valence electrons. The lowest BCUT2D eigenvalue weighted by Gasteiger charge is -2.17. The van der Waals surface area contributed by atoms with Crippen LogP contribution in [0.3, 0.4) is 0 Å². The van der Waals surface area contributed by atoms with E-state index in [0.717, 1.165) is 40.8 Å². The van der Waals surface area contributed by atoms with Crippen LogP contribution in [-0.4, -0.2) is 16.6 Å². The summed E-state index contributed by atoms with van der Waals surface area (Å²) in [5.74, 6) is 2.10. The van der Waals surface area contributed by atoms with Crippen molar-refractivity contribution in [2.24, 2.45) is 5.92 Å². The SMILES string of the molecule is CCOc1ccccc1/C=C/c1nc2sc3c(c2c(=O)[nH]1)CC[C@H](C)C3. The summed E-state index contributed by atoms with van der Waals surface area (Å²) >= 11 is 1.68. The zero-order valence-electron chi connectivity index (χ0n) is 15.0. The molecule has 26 heavy (non-hydrogen) atoms. The van der Waals surface area contributed by atoms with E-state index in [1.54, 1.807) is 11.3 Å². The van der Waals surface area contributed by atoms with Gasteiger partial charge < -0.3 is 9.72 Å². The maximum atomic E-state index is 12.6. The fraction of sp³-hybridized carbons (Fsp3) is 0.333. The highest BCUT2D eigenvalue weighted by Crippen LogP contribution is 2.35. The molecule has 1 aliphatic rings. The van der Waals surface area contributed by atoms with E-state index in [0.29, 0.717) is 18.3 Å². The van der Waals surface area contributed by atoms with Crippen molar-refractivity contribution in [3.05, 3.63) is 56.4 Å². The molecule has 2 heterocycles. The Labute approximate surface area is 156 Å². The van der Waals surface area contributed by atoms with Crippen LogP contribution < -0.4 is 10.3 Å². The minimum absolute atomic E-state index is 0.0280. The molecule has 1 N–H and O–H groups in total. The van der Waals surface area contributed by atoms with Gasteiger partial charge in [-0.15, -0.1) is 11.3 Å². The van der Waals surface area contributed by atoms with Crippen molar-refractivity contribution in [2.45, 2.75) is 33.1 Å². The first-order valence-electron chi connectivity index (χ1n) is 9.10. The summed E-state index contributed by atoms with van der Waals surface area (Å²) in [6, 6.07) is 7.85. The van der Waals surface area contributed by atoms with Crippen LogP contribution in [0.1, 0.15) is 42.1 Å². The molecule has 0 saturated carbocycles. The molecule has 2 aromatic heterocycles. The highest BCUT2D eigenvalue weighted by atomic mass is 32.1. The van der Waals surface area contributed by atoms with Gasteiger partial charge in [0.05, 0.1) is 12.0 Å². The second-order valence-electron chi connectivity index (χ2n) is 6.79. The lowest BCUT2D eigenvalue weighted by Crippen LogP contribution is -2.13. The minimum Gasteiger partial charge on any atom is -0.493 e. The van der Waals surface area contributed by atoms with Crippen LogP contribution in [0.2, 0.25) is 0 Å². The van der Waals surface area contributed by atoms with Crippen molar-refractivity contribution in [2.75, 3.05) is 6.61 Å². The Morgan fingerprint density at radius 3 is 3.04 bits per heavy atom. The summed E-state index contributed by atoms with van der Waals surface area (Å²) in [5.41, 5.74) is 2.16. The Balaban J connectivity index is 1.71. The molecule has 0 unspecified atom stereocenters. The minimum atomic E-state index is -0.0280. The summed E-state index contributed by atoms with van der Waals surface area (Å²) in [7, 11) is 0. The first-order valence-corrected chi connectivity index (χ1v) is 9.91. The number of thiophene rings is 1. The third kappa shape index (κ3) is 3.19. The number of aryl methyl sites for hydroxylation is 1. The van der Waals surface area contributed by atoms with E-state index in [4.69, 9.17) is 9.72 Å². The molecule has 1 aliphatic carbocycles. The number of nitrogens with zero attached hydrogens (tertiary/aromatic N) is 1. The van der Waals surface area contributed by atoms with E-state index in [2.05, 4.69) is 11.9 Å². The molecule has 0 saturated heterocycles. The number of aromatic amines is 1. The van der Waals surface area contributed by atoms with E-state index < -0.39 is 0 Å². The number of H-pyrrole nitrogens is 1. The number of hydrogen-bond donors (Lipinski definition) is 1. The Hall–Kier alpha value is -2.40. The largest absolute Gasteiger partial charge is 0.493 e. The predicted octanol–water partition coefficient (Wildman–Crippen LogP) is 4.68. The van der Waals surface area contributed by atoms with Gasteiger partial charge >= 0.3 is 0 Å². The third-order valence-corrected chi connectivity index (χ3v) is 5.97. The maximum Gasteiger partial charge on any atom is 0.260 e. The van der Waals surface area contributed by atoms with Crippen LogP contribution in [0.15, 0.2) is 29.1 Å². The Kier molecular flexibility index (Phi) is 4.64. The first-order chi connectivity index (χ1) is 12.7. The fourth-order valence-corrected chi connectivity index (χ4v) is 4.91. The van der Waals surface area contributed by atoms with Gasteiger partial charge in [-0.2, -0.15) is 0 Å². The van der Waals surface area contributed by atoms with E-state index >= 15 is 0 Å². The number of ether oxygens (including phenoxy) is 1. The molecule has 4 rings (SSSR count).